The second-order valence-corrected chi connectivity index (χ2v) is 7.76. The van der Waals surface area contributed by atoms with Crippen molar-refractivity contribution < 1.29 is 24.4 Å². The number of carbonyl (C=O) groups excluding carboxylic acids is 2. The van der Waals surface area contributed by atoms with Crippen LogP contribution in [-0.4, -0.2) is 28.3 Å². The molecule has 8 nitrogen and oxygen atoms in total. The lowest BCUT2D eigenvalue weighted by atomic mass is 9.92. The minimum atomic E-state index is -0.895. The van der Waals surface area contributed by atoms with E-state index in [-0.39, 0.29) is 16.8 Å². The number of anilines is 1. The maximum atomic E-state index is 13.3. The molecule has 1 atom stereocenters. The highest BCUT2D eigenvalue weighted by Gasteiger charge is 2.47. The van der Waals surface area contributed by atoms with Gasteiger partial charge < -0.3 is 9.84 Å². The van der Waals surface area contributed by atoms with Crippen LogP contribution in [0.15, 0.2) is 78.4 Å². The van der Waals surface area contributed by atoms with Crippen molar-refractivity contribution in [3.8, 4) is 5.75 Å². The SMILES string of the molecule is CCOc1cccc(N2C(=O)C(=O)/C(=C(/O)c3ccc([N+](=O)[O-])cc3)C2c2ccccc2C)c1. The number of nitrogens with zero attached hydrogens (tertiary/aromatic N) is 2. The lowest BCUT2D eigenvalue weighted by molar-refractivity contribution is -0.384. The van der Waals surface area contributed by atoms with Gasteiger partial charge in [0.2, 0.25) is 0 Å². The molecule has 34 heavy (non-hydrogen) atoms. The third-order valence-corrected chi connectivity index (χ3v) is 5.69. The van der Waals surface area contributed by atoms with E-state index in [2.05, 4.69) is 0 Å². The topological polar surface area (TPSA) is 110 Å². The lowest BCUT2D eigenvalue weighted by Crippen LogP contribution is -2.29. The molecule has 0 aromatic heterocycles. The van der Waals surface area contributed by atoms with Gasteiger partial charge >= 0.3 is 0 Å². The molecule has 3 aromatic rings. The predicted molar refractivity (Wildman–Crippen MR) is 127 cm³/mol. The van der Waals surface area contributed by atoms with E-state index in [4.69, 9.17) is 4.74 Å². The number of hydrogen-bond acceptors (Lipinski definition) is 6. The zero-order valence-electron chi connectivity index (χ0n) is 18.6. The van der Waals surface area contributed by atoms with Gasteiger partial charge in [0, 0.05) is 29.4 Å². The van der Waals surface area contributed by atoms with Gasteiger partial charge in [-0.25, -0.2) is 0 Å². The fourth-order valence-corrected chi connectivity index (χ4v) is 4.07. The molecule has 4 rings (SSSR count). The zero-order chi connectivity index (χ0) is 24.4. The first-order chi connectivity index (χ1) is 16.3. The van der Waals surface area contributed by atoms with Crippen LogP contribution in [0.2, 0.25) is 0 Å². The Morgan fingerprint density at radius 1 is 1.06 bits per heavy atom. The molecule has 1 N–H and O–H groups in total. The summed E-state index contributed by atoms with van der Waals surface area (Å²) in [5.41, 5.74) is 1.91. The number of ketones is 1. The Morgan fingerprint density at radius 2 is 1.76 bits per heavy atom. The number of benzene rings is 3. The van der Waals surface area contributed by atoms with E-state index in [1.54, 1.807) is 36.4 Å². The smallest absolute Gasteiger partial charge is 0.300 e. The molecule has 172 valence electrons. The van der Waals surface area contributed by atoms with Crippen LogP contribution in [0.4, 0.5) is 11.4 Å². The van der Waals surface area contributed by atoms with Gasteiger partial charge in [-0.15, -0.1) is 0 Å². The highest BCUT2D eigenvalue weighted by molar-refractivity contribution is 6.51. The molecule has 1 aliphatic heterocycles. The van der Waals surface area contributed by atoms with E-state index in [9.17, 15) is 24.8 Å². The number of ether oxygens (including phenoxy) is 1. The molecular weight excluding hydrogens is 436 g/mol. The molecule has 8 heteroatoms. The molecule has 1 aliphatic rings. The Kier molecular flexibility index (Phi) is 6.14. The quantitative estimate of drug-likeness (QED) is 0.184. The van der Waals surface area contributed by atoms with Crippen molar-refractivity contribution >= 4 is 28.8 Å². The van der Waals surface area contributed by atoms with Crippen LogP contribution < -0.4 is 9.64 Å². The zero-order valence-corrected chi connectivity index (χ0v) is 18.6. The van der Waals surface area contributed by atoms with E-state index in [0.717, 1.165) is 5.56 Å². The van der Waals surface area contributed by atoms with Gasteiger partial charge in [0.15, 0.2) is 0 Å². The van der Waals surface area contributed by atoms with Crippen LogP contribution in [0, 0.1) is 17.0 Å². The number of aryl methyl sites for hydroxylation is 1. The summed E-state index contributed by atoms with van der Waals surface area (Å²) in [5.74, 6) is -1.48. The summed E-state index contributed by atoms with van der Waals surface area (Å²) in [6.07, 6.45) is 0. The molecule has 0 bridgehead atoms. The number of nitro groups is 1. The Bertz CT molecular complexity index is 1310. The van der Waals surface area contributed by atoms with Crippen LogP contribution in [-0.2, 0) is 9.59 Å². The molecule has 0 aliphatic carbocycles. The average molecular weight is 458 g/mol. The molecule has 1 amide bonds. The molecular formula is C26H22N2O6. The number of rotatable bonds is 6. The summed E-state index contributed by atoms with van der Waals surface area (Å²) in [7, 11) is 0. The lowest BCUT2D eigenvalue weighted by Gasteiger charge is -2.27. The minimum absolute atomic E-state index is 0.0880. The van der Waals surface area contributed by atoms with Crippen LogP contribution in [0.25, 0.3) is 5.76 Å². The van der Waals surface area contributed by atoms with E-state index in [0.29, 0.717) is 23.6 Å². The number of Topliss-reactive ketones (excluding diaryl/α,β-unsaturated/α-hetero) is 1. The molecule has 0 saturated carbocycles. The molecule has 0 spiro atoms. The first kappa shape index (κ1) is 22.7. The number of nitro benzene ring substituents is 1. The normalized spacial score (nSPS) is 17.1. The monoisotopic (exact) mass is 458 g/mol. The van der Waals surface area contributed by atoms with E-state index in [1.165, 1.54) is 29.2 Å². The minimum Gasteiger partial charge on any atom is -0.507 e. The number of non-ortho nitro benzene ring substituents is 1. The van der Waals surface area contributed by atoms with Gasteiger partial charge in [-0.05, 0) is 49.2 Å². The summed E-state index contributed by atoms with van der Waals surface area (Å²) < 4.78 is 5.57. The molecule has 1 unspecified atom stereocenters. The van der Waals surface area contributed by atoms with Gasteiger partial charge in [0.1, 0.15) is 11.5 Å². The number of aliphatic hydroxyl groups is 1. The van der Waals surface area contributed by atoms with Gasteiger partial charge in [-0.1, -0.05) is 30.3 Å². The number of carbonyl (C=O) groups is 2. The fourth-order valence-electron chi connectivity index (χ4n) is 4.07. The predicted octanol–water partition coefficient (Wildman–Crippen LogP) is 4.93. The summed E-state index contributed by atoms with van der Waals surface area (Å²) in [6, 6.07) is 18.4. The van der Waals surface area contributed by atoms with Crippen LogP contribution in [0.5, 0.6) is 5.75 Å². The fraction of sp³-hybridized carbons (Fsp3) is 0.154. The summed E-state index contributed by atoms with van der Waals surface area (Å²) in [5, 5.41) is 22.1. The first-order valence-electron chi connectivity index (χ1n) is 10.7. The molecule has 1 fully saturated rings. The second kappa shape index (κ2) is 9.19. The van der Waals surface area contributed by atoms with Crippen LogP contribution in [0.1, 0.15) is 29.7 Å². The first-order valence-corrected chi connectivity index (χ1v) is 10.7. The van der Waals surface area contributed by atoms with Gasteiger partial charge in [-0.3, -0.25) is 24.6 Å². The Balaban J connectivity index is 1.92. The Hall–Kier alpha value is -4.46. The highest BCUT2D eigenvalue weighted by Crippen LogP contribution is 2.43. The summed E-state index contributed by atoms with van der Waals surface area (Å²) >= 11 is 0. The standard InChI is InChI=1S/C26H22N2O6/c1-3-34-20-9-6-8-19(15-20)27-23(21-10-5-4-7-16(21)2)22(25(30)26(27)31)24(29)17-11-13-18(14-12-17)28(32)33/h4-15,23,29H,3H2,1-2H3/b24-22+. The summed E-state index contributed by atoms with van der Waals surface area (Å²) in [4.78, 5) is 38.3. The maximum Gasteiger partial charge on any atom is 0.300 e. The van der Waals surface area contributed by atoms with Gasteiger partial charge in [0.05, 0.1) is 23.1 Å². The largest absolute Gasteiger partial charge is 0.507 e. The molecule has 1 heterocycles. The van der Waals surface area contributed by atoms with Crippen molar-refractivity contribution in [3.05, 3.63) is 105 Å². The van der Waals surface area contributed by atoms with Gasteiger partial charge in [0.25, 0.3) is 17.4 Å². The molecule has 0 radical (unpaired) electrons. The maximum absolute atomic E-state index is 13.3. The number of hydrogen-bond donors (Lipinski definition) is 1. The average Bonchev–Trinajstić information content (AvgIpc) is 3.09. The molecule has 3 aromatic carbocycles. The number of amides is 1. The highest BCUT2D eigenvalue weighted by atomic mass is 16.6. The van der Waals surface area contributed by atoms with Crippen molar-refractivity contribution in [2.75, 3.05) is 11.5 Å². The number of aliphatic hydroxyl groups excluding tert-OH is 1. The van der Waals surface area contributed by atoms with E-state index < -0.39 is 28.4 Å². The van der Waals surface area contributed by atoms with E-state index in [1.807, 2.05) is 26.0 Å². The van der Waals surface area contributed by atoms with Crippen molar-refractivity contribution in [2.24, 2.45) is 0 Å². The van der Waals surface area contributed by atoms with Crippen LogP contribution in [0.3, 0.4) is 0 Å². The van der Waals surface area contributed by atoms with Gasteiger partial charge in [-0.2, -0.15) is 0 Å². The Labute approximate surface area is 195 Å². The Morgan fingerprint density at radius 3 is 2.41 bits per heavy atom. The van der Waals surface area contributed by atoms with Crippen molar-refractivity contribution in [2.45, 2.75) is 19.9 Å². The second-order valence-electron chi connectivity index (χ2n) is 7.76. The molecule has 1 saturated heterocycles. The third kappa shape index (κ3) is 4.01. The summed E-state index contributed by atoms with van der Waals surface area (Å²) in [6.45, 7) is 4.14. The van der Waals surface area contributed by atoms with Crippen molar-refractivity contribution in [1.82, 2.24) is 0 Å². The third-order valence-electron chi connectivity index (χ3n) is 5.69. The van der Waals surface area contributed by atoms with Crippen molar-refractivity contribution in [3.63, 3.8) is 0 Å². The van der Waals surface area contributed by atoms with Crippen molar-refractivity contribution in [1.29, 1.82) is 0 Å². The van der Waals surface area contributed by atoms with Crippen LogP contribution >= 0.6 is 0 Å². The van der Waals surface area contributed by atoms with E-state index >= 15 is 0 Å².